The van der Waals surface area contributed by atoms with E-state index >= 15 is 0 Å². The summed E-state index contributed by atoms with van der Waals surface area (Å²) >= 11 is 0. The first kappa shape index (κ1) is 16.7. The Labute approximate surface area is 142 Å². The molecule has 1 atom stereocenters. The molecular formula is C19H25N3O2. The van der Waals surface area contributed by atoms with E-state index in [-0.39, 0.29) is 11.8 Å². The van der Waals surface area contributed by atoms with Gasteiger partial charge in [-0.2, -0.15) is 5.10 Å². The van der Waals surface area contributed by atoms with Gasteiger partial charge in [0.1, 0.15) is 0 Å². The number of hydrogen-bond donors (Lipinski definition) is 2. The summed E-state index contributed by atoms with van der Waals surface area (Å²) in [6.07, 6.45) is 1.64. The molecule has 5 nitrogen and oxygen atoms in total. The molecule has 0 aliphatic carbocycles. The number of aliphatic hydroxyl groups excluding tert-OH is 1. The van der Waals surface area contributed by atoms with Crippen molar-refractivity contribution in [3.63, 3.8) is 0 Å². The fourth-order valence-corrected chi connectivity index (χ4v) is 3.48. The number of nitrogens with one attached hydrogen (secondary N) is 1. The third-order valence-electron chi connectivity index (χ3n) is 5.09. The molecule has 24 heavy (non-hydrogen) atoms. The number of benzene rings is 1. The number of H-pyrrole nitrogens is 1. The topological polar surface area (TPSA) is 69.2 Å². The third kappa shape index (κ3) is 3.51. The van der Waals surface area contributed by atoms with Gasteiger partial charge in [0.2, 0.25) is 5.91 Å². The van der Waals surface area contributed by atoms with E-state index in [1.54, 1.807) is 0 Å². The summed E-state index contributed by atoms with van der Waals surface area (Å²) in [7, 11) is 0. The van der Waals surface area contributed by atoms with Crippen LogP contribution in [-0.2, 0) is 11.2 Å². The number of aliphatic hydroxyl groups is 1. The number of aromatic nitrogens is 2. The maximum atomic E-state index is 12.5. The summed E-state index contributed by atoms with van der Waals surface area (Å²) < 4.78 is 0. The molecule has 0 unspecified atom stereocenters. The average Bonchev–Trinajstić information content (AvgIpc) is 2.94. The van der Waals surface area contributed by atoms with Gasteiger partial charge in [-0.25, -0.2) is 0 Å². The number of piperidine rings is 1. The zero-order valence-electron chi connectivity index (χ0n) is 14.3. The van der Waals surface area contributed by atoms with Crippen LogP contribution in [0.15, 0.2) is 30.3 Å². The maximum Gasteiger partial charge on any atom is 0.227 e. The van der Waals surface area contributed by atoms with Crippen molar-refractivity contribution < 1.29 is 9.90 Å². The van der Waals surface area contributed by atoms with Crippen LogP contribution < -0.4 is 0 Å². The number of nitrogens with zero attached hydrogens (tertiary/aromatic N) is 2. The quantitative estimate of drug-likeness (QED) is 0.907. The number of rotatable bonds is 4. The normalized spacial score (nSPS) is 17.0. The molecule has 1 saturated heterocycles. The van der Waals surface area contributed by atoms with E-state index in [0.29, 0.717) is 19.5 Å². The molecule has 1 amide bonds. The summed E-state index contributed by atoms with van der Waals surface area (Å²) in [5, 5.41) is 17.6. The molecule has 1 aliphatic heterocycles. The molecule has 3 rings (SSSR count). The van der Waals surface area contributed by atoms with Gasteiger partial charge in [-0.3, -0.25) is 9.89 Å². The largest absolute Gasteiger partial charge is 0.388 e. The van der Waals surface area contributed by atoms with Gasteiger partial charge in [-0.15, -0.1) is 0 Å². The van der Waals surface area contributed by atoms with Crippen molar-refractivity contribution in [2.45, 2.75) is 39.2 Å². The second kappa shape index (κ2) is 7.18. The standard InChI is InChI=1S/C19H25N3O2/c1-13-17(14(2)21-20-13)12-18(23)22-10-8-16(9-11-22)19(24)15-6-4-3-5-7-15/h3-7,16,19,24H,8-12H2,1-2H3,(H,20,21)/t19-/m1/s1. The summed E-state index contributed by atoms with van der Waals surface area (Å²) in [5.74, 6) is 0.365. The molecule has 2 N–H and O–H groups in total. The van der Waals surface area contributed by atoms with Gasteiger partial charge >= 0.3 is 0 Å². The third-order valence-corrected chi connectivity index (χ3v) is 5.09. The van der Waals surface area contributed by atoms with Crippen LogP contribution in [-0.4, -0.2) is 39.2 Å². The molecule has 5 heteroatoms. The van der Waals surface area contributed by atoms with Crippen molar-refractivity contribution >= 4 is 5.91 Å². The van der Waals surface area contributed by atoms with Gasteiger partial charge < -0.3 is 10.0 Å². The second-order valence-electron chi connectivity index (χ2n) is 6.66. The lowest BCUT2D eigenvalue weighted by Gasteiger charge is -2.34. The highest BCUT2D eigenvalue weighted by molar-refractivity contribution is 5.79. The number of carbonyl (C=O) groups excluding carboxylic acids is 1. The van der Waals surface area contributed by atoms with Gasteiger partial charge in [0.05, 0.1) is 18.2 Å². The van der Waals surface area contributed by atoms with Crippen molar-refractivity contribution in [3.8, 4) is 0 Å². The Balaban J connectivity index is 1.56. The fraction of sp³-hybridized carbons (Fsp3) is 0.474. The molecule has 2 heterocycles. The molecule has 1 aliphatic rings. The van der Waals surface area contributed by atoms with Gasteiger partial charge in [-0.1, -0.05) is 30.3 Å². The van der Waals surface area contributed by atoms with E-state index in [1.807, 2.05) is 49.1 Å². The fourth-order valence-electron chi connectivity index (χ4n) is 3.48. The maximum absolute atomic E-state index is 12.5. The summed E-state index contributed by atoms with van der Waals surface area (Å²) in [5.41, 5.74) is 3.84. The first-order valence-electron chi connectivity index (χ1n) is 8.57. The molecule has 128 valence electrons. The number of likely N-dealkylation sites (tertiary alicyclic amines) is 1. The van der Waals surface area contributed by atoms with Crippen molar-refractivity contribution in [2.24, 2.45) is 5.92 Å². The minimum absolute atomic E-state index is 0.148. The predicted octanol–water partition coefficient (Wildman–Crippen LogP) is 2.54. The van der Waals surface area contributed by atoms with E-state index in [4.69, 9.17) is 0 Å². The van der Waals surface area contributed by atoms with E-state index in [1.165, 1.54) is 0 Å². The van der Waals surface area contributed by atoms with E-state index in [9.17, 15) is 9.90 Å². The SMILES string of the molecule is Cc1n[nH]c(C)c1CC(=O)N1CCC([C@H](O)c2ccccc2)CC1. The molecule has 1 aromatic carbocycles. The van der Waals surface area contributed by atoms with E-state index in [2.05, 4.69) is 10.2 Å². The Morgan fingerprint density at radius 3 is 2.54 bits per heavy atom. The molecule has 0 bridgehead atoms. The Morgan fingerprint density at radius 1 is 1.29 bits per heavy atom. The lowest BCUT2D eigenvalue weighted by Crippen LogP contribution is -2.40. The number of carbonyl (C=O) groups is 1. The van der Waals surface area contributed by atoms with Crippen LogP contribution in [0.5, 0.6) is 0 Å². The molecule has 1 fully saturated rings. The Bertz CT molecular complexity index is 668. The van der Waals surface area contributed by atoms with Crippen LogP contribution in [0.2, 0.25) is 0 Å². The van der Waals surface area contributed by atoms with Gasteiger partial charge in [0, 0.05) is 24.3 Å². The predicted molar refractivity (Wildman–Crippen MR) is 92.5 cm³/mol. The van der Waals surface area contributed by atoms with E-state index in [0.717, 1.165) is 35.4 Å². The van der Waals surface area contributed by atoms with Crippen molar-refractivity contribution in [1.29, 1.82) is 0 Å². The smallest absolute Gasteiger partial charge is 0.227 e. The Hall–Kier alpha value is -2.14. The van der Waals surface area contributed by atoms with Crippen LogP contribution in [0.3, 0.4) is 0 Å². The van der Waals surface area contributed by atoms with Crippen molar-refractivity contribution in [3.05, 3.63) is 52.8 Å². The van der Waals surface area contributed by atoms with E-state index < -0.39 is 6.10 Å². The number of amides is 1. The first-order valence-corrected chi connectivity index (χ1v) is 8.57. The van der Waals surface area contributed by atoms with Crippen LogP contribution in [0.4, 0.5) is 0 Å². The number of aromatic amines is 1. The zero-order chi connectivity index (χ0) is 17.1. The lowest BCUT2D eigenvalue weighted by atomic mass is 9.87. The van der Waals surface area contributed by atoms with Crippen molar-refractivity contribution in [2.75, 3.05) is 13.1 Å². The number of hydrogen-bond acceptors (Lipinski definition) is 3. The highest BCUT2D eigenvalue weighted by Gasteiger charge is 2.28. The highest BCUT2D eigenvalue weighted by atomic mass is 16.3. The molecule has 0 radical (unpaired) electrons. The summed E-state index contributed by atoms with van der Waals surface area (Å²) in [6, 6.07) is 9.79. The second-order valence-corrected chi connectivity index (χ2v) is 6.66. The highest BCUT2D eigenvalue weighted by Crippen LogP contribution is 2.30. The molecule has 0 saturated carbocycles. The average molecular weight is 327 g/mol. The molecule has 2 aromatic rings. The van der Waals surface area contributed by atoms with Gasteiger partial charge in [0.25, 0.3) is 0 Å². The Kier molecular flexibility index (Phi) is 5.00. The minimum atomic E-state index is -0.443. The summed E-state index contributed by atoms with van der Waals surface area (Å²) in [6.45, 7) is 5.30. The van der Waals surface area contributed by atoms with Crippen molar-refractivity contribution in [1.82, 2.24) is 15.1 Å². The number of aryl methyl sites for hydroxylation is 2. The Morgan fingerprint density at radius 2 is 1.96 bits per heavy atom. The summed E-state index contributed by atoms with van der Waals surface area (Å²) in [4.78, 5) is 14.5. The van der Waals surface area contributed by atoms with Crippen LogP contribution in [0.25, 0.3) is 0 Å². The molecule has 0 spiro atoms. The van der Waals surface area contributed by atoms with Crippen LogP contribution in [0.1, 0.15) is 41.5 Å². The van der Waals surface area contributed by atoms with Gasteiger partial charge in [-0.05, 0) is 38.2 Å². The molecular weight excluding hydrogens is 302 g/mol. The van der Waals surface area contributed by atoms with Crippen LogP contribution in [0, 0.1) is 19.8 Å². The van der Waals surface area contributed by atoms with Gasteiger partial charge in [0.15, 0.2) is 0 Å². The van der Waals surface area contributed by atoms with Crippen LogP contribution >= 0.6 is 0 Å². The lowest BCUT2D eigenvalue weighted by molar-refractivity contribution is -0.132. The molecule has 1 aromatic heterocycles. The zero-order valence-corrected chi connectivity index (χ0v) is 14.3. The monoisotopic (exact) mass is 327 g/mol. The minimum Gasteiger partial charge on any atom is -0.388 e. The first-order chi connectivity index (χ1) is 11.6.